The predicted molar refractivity (Wildman–Crippen MR) is 217 cm³/mol. The Morgan fingerprint density at radius 1 is 0.839 bits per heavy atom. The van der Waals surface area contributed by atoms with E-state index in [1.165, 1.54) is 13.8 Å². The van der Waals surface area contributed by atoms with Gasteiger partial charge in [0.15, 0.2) is 34.1 Å². The van der Waals surface area contributed by atoms with Crippen LogP contribution >= 0.6 is 0 Å². The molecule has 1 heterocycles. The first-order valence-electron chi connectivity index (χ1n) is 20.8. The van der Waals surface area contributed by atoms with Gasteiger partial charge < -0.3 is 32.9 Å². The van der Waals surface area contributed by atoms with Gasteiger partial charge in [0.1, 0.15) is 17.8 Å². The van der Waals surface area contributed by atoms with Crippen LogP contribution in [0.25, 0.3) is 0 Å². The summed E-state index contributed by atoms with van der Waals surface area (Å²) in [4.78, 5) is 57.1. The van der Waals surface area contributed by atoms with Crippen LogP contribution in [0.4, 0.5) is 0 Å². The summed E-state index contributed by atoms with van der Waals surface area (Å²) in [5, 5.41) is 14.0. The second-order valence-electron chi connectivity index (χ2n) is 17.4. The Balaban J connectivity index is 1.92. The van der Waals surface area contributed by atoms with E-state index < -0.39 is 98.8 Å². The summed E-state index contributed by atoms with van der Waals surface area (Å²) in [5.74, 6) is -3.61. The average molecular weight is 815 g/mol. The monoisotopic (exact) mass is 814 g/mol. The lowest BCUT2D eigenvalue weighted by atomic mass is 9.44. The molecule has 9 atom stereocenters. The van der Waals surface area contributed by atoms with E-state index in [1.54, 1.807) is 37.3 Å². The number of fused-ring (bicyclic) bond motifs is 5. The van der Waals surface area contributed by atoms with Gasteiger partial charge in [0.25, 0.3) is 0 Å². The van der Waals surface area contributed by atoms with E-state index in [2.05, 4.69) is 41.5 Å². The van der Waals surface area contributed by atoms with Crippen molar-refractivity contribution in [3.05, 3.63) is 47.0 Å². The standard InChI is InChI=1S/C43H66O11Si2/c1-13-55(14-2,15-3)53-31-25-43(48)38(51-39(47)30-22-20-19-21-23-30)36-41(12,37(46)35(50-28(8)44)34(27(31)7)40(43,10)11)32(54-56(16-4,17-5)18-6)24-33-42(36,26-49-33)52-29(9)45/h19-23,31-33,35-36,38,48H,13-18,24-26H2,1-12H3. The zero-order chi connectivity index (χ0) is 41.6. The zero-order valence-electron chi connectivity index (χ0n) is 35.7. The molecule has 11 nitrogen and oxygen atoms in total. The lowest BCUT2D eigenvalue weighted by Gasteiger charge is -2.68. The summed E-state index contributed by atoms with van der Waals surface area (Å²) in [6, 6.07) is 13.4. The normalized spacial score (nSPS) is 33.9. The molecule has 9 unspecified atom stereocenters. The minimum atomic E-state index is -2.49. The number of ketones is 1. The van der Waals surface area contributed by atoms with Crippen LogP contribution in [0.1, 0.15) is 106 Å². The highest BCUT2D eigenvalue weighted by molar-refractivity contribution is 6.74. The van der Waals surface area contributed by atoms with Gasteiger partial charge in [-0.25, -0.2) is 4.79 Å². The van der Waals surface area contributed by atoms with Gasteiger partial charge in [-0.3, -0.25) is 14.4 Å². The number of carbonyl (C=O) groups is 4. The third-order valence-corrected chi connectivity index (χ3v) is 24.1. The molecule has 4 aliphatic rings. The first-order chi connectivity index (χ1) is 26.3. The summed E-state index contributed by atoms with van der Waals surface area (Å²) in [6.07, 6.45) is -4.94. The number of hydrogen-bond donors (Lipinski definition) is 1. The number of esters is 3. The molecule has 0 amide bonds. The maximum absolute atomic E-state index is 16.1. The van der Waals surface area contributed by atoms with Crippen molar-refractivity contribution in [2.75, 3.05) is 6.61 Å². The van der Waals surface area contributed by atoms with E-state index in [4.69, 9.17) is 27.8 Å². The van der Waals surface area contributed by atoms with Gasteiger partial charge >= 0.3 is 17.9 Å². The van der Waals surface area contributed by atoms with Crippen molar-refractivity contribution < 1.29 is 52.1 Å². The molecule has 312 valence electrons. The first-order valence-corrected chi connectivity index (χ1v) is 25.9. The molecule has 2 bridgehead atoms. The molecule has 1 aliphatic heterocycles. The van der Waals surface area contributed by atoms with Gasteiger partial charge in [0, 0.05) is 32.1 Å². The Kier molecular flexibility index (Phi) is 12.8. The average Bonchev–Trinajstić information content (AvgIpc) is 3.16. The molecule has 5 rings (SSSR count). The molecule has 56 heavy (non-hydrogen) atoms. The van der Waals surface area contributed by atoms with E-state index in [9.17, 15) is 19.5 Å². The van der Waals surface area contributed by atoms with Crippen LogP contribution in [0, 0.1) is 16.7 Å². The summed E-state index contributed by atoms with van der Waals surface area (Å²) in [7, 11) is -4.87. The van der Waals surface area contributed by atoms with E-state index in [0.29, 0.717) is 11.1 Å². The largest absolute Gasteiger partial charge is 0.455 e. The highest BCUT2D eigenvalue weighted by Gasteiger charge is 2.79. The van der Waals surface area contributed by atoms with E-state index >= 15 is 4.79 Å². The number of Topliss-reactive ketones (excluding diaryl/α,β-unsaturated/α-hetero) is 1. The van der Waals surface area contributed by atoms with Gasteiger partial charge in [0.2, 0.25) is 0 Å². The Labute approximate surface area is 335 Å². The third kappa shape index (κ3) is 6.99. The maximum atomic E-state index is 16.1. The summed E-state index contributed by atoms with van der Waals surface area (Å²) >= 11 is 0. The molecule has 0 radical (unpaired) electrons. The molecule has 3 fully saturated rings. The molecule has 0 aromatic heterocycles. The van der Waals surface area contributed by atoms with E-state index in [-0.39, 0.29) is 25.0 Å². The summed E-state index contributed by atoms with van der Waals surface area (Å²) in [6.45, 7) is 22.5. The topological polar surface area (TPSA) is 144 Å². The quantitative estimate of drug-likeness (QED) is 0.0854. The van der Waals surface area contributed by atoms with Crippen LogP contribution in [-0.4, -0.2) is 93.8 Å². The highest BCUT2D eigenvalue weighted by Crippen LogP contribution is 2.65. The van der Waals surface area contributed by atoms with Crippen LogP contribution in [0.3, 0.4) is 0 Å². The van der Waals surface area contributed by atoms with Gasteiger partial charge in [-0.2, -0.15) is 0 Å². The van der Waals surface area contributed by atoms with Crippen LogP contribution in [0.5, 0.6) is 0 Å². The van der Waals surface area contributed by atoms with Gasteiger partial charge in [-0.1, -0.05) is 73.6 Å². The van der Waals surface area contributed by atoms with Crippen LogP contribution < -0.4 is 0 Å². The molecule has 1 aromatic carbocycles. The molecule has 1 N–H and O–H groups in total. The van der Waals surface area contributed by atoms with Crippen molar-refractivity contribution in [3.8, 4) is 0 Å². The van der Waals surface area contributed by atoms with Crippen molar-refractivity contribution >= 4 is 40.3 Å². The van der Waals surface area contributed by atoms with E-state index in [1.807, 2.05) is 20.8 Å². The van der Waals surface area contributed by atoms with Crippen molar-refractivity contribution in [2.45, 2.75) is 174 Å². The molecule has 1 aromatic rings. The fourth-order valence-electron chi connectivity index (χ4n) is 10.8. The Bertz CT molecular complexity index is 1670. The molecular weight excluding hydrogens is 749 g/mol. The third-order valence-electron chi connectivity index (χ3n) is 14.8. The van der Waals surface area contributed by atoms with Gasteiger partial charge in [0.05, 0.1) is 35.7 Å². The number of carbonyl (C=O) groups excluding carboxylic acids is 4. The molecule has 13 heteroatoms. The maximum Gasteiger partial charge on any atom is 0.338 e. The molecule has 0 spiro atoms. The molecule has 1 saturated heterocycles. The SMILES string of the molecule is CC[Si](CC)(CC)OC1CC2(O)C(OC(=O)c3ccccc3)C3C4(OC(C)=O)COC4CC(O[Si](CC)(CC)CC)C3(C)C(=O)C(OC(C)=O)C(=C1C)C2(C)C. The minimum Gasteiger partial charge on any atom is -0.455 e. The number of hydrogen-bond acceptors (Lipinski definition) is 11. The lowest BCUT2D eigenvalue weighted by molar-refractivity contribution is -0.344. The lowest BCUT2D eigenvalue weighted by Crippen LogP contribution is -2.82. The van der Waals surface area contributed by atoms with E-state index in [0.717, 1.165) is 36.3 Å². The number of ether oxygens (including phenoxy) is 4. The van der Waals surface area contributed by atoms with Crippen LogP contribution in [0.15, 0.2) is 41.5 Å². The molecular formula is C43H66O11Si2. The Morgan fingerprint density at radius 2 is 1.39 bits per heavy atom. The Morgan fingerprint density at radius 3 is 1.88 bits per heavy atom. The Hall–Kier alpha value is -2.69. The van der Waals surface area contributed by atoms with Crippen molar-refractivity contribution in [3.63, 3.8) is 0 Å². The fraction of sp³-hybridized carbons (Fsp3) is 0.721. The number of benzene rings is 1. The second-order valence-corrected chi connectivity index (χ2v) is 26.9. The smallest absolute Gasteiger partial charge is 0.338 e. The van der Waals surface area contributed by atoms with Crippen molar-refractivity contribution in [1.29, 1.82) is 0 Å². The van der Waals surface area contributed by atoms with Crippen LogP contribution in [0.2, 0.25) is 36.3 Å². The first kappa shape index (κ1) is 44.4. The van der Waals surface area contributed by atoms with Gasteiger partial charge in [-0.15, -0.1) is 0 Å². The second kappa shape index (κ2) is 16.2. The molecule has 3 aliphatic carbocycles. The molecule has 2 saturated carbocycles. The van der Waals surface area contributed by atoms with Crippen molar-refractivity contribution in [1.82, 2.24) is 0 Å². The minimum absolute atomic E-state index is 0.00908. The van der Waals surface area contributed by atoms with Crippen molar-refractivity contribution in [2.24, 2.45) is 16.7 Å². The van der Waals surface area contributed by atoms with Crippen LogP contribution in [-0.2, 0) is 42.2 Å². The number of aliphatic hydroxyl groups is 1. The zero-order valence-corrected chi connectivity index (χ0v) is 37.7. The predicted octanol–water partition coefficient (Wildman–Crippen LogP) is 7.71. The fourth-order valence-corrected chi connectivity index (χ4v) is 16.6. The number of rotatable bonds is 14. The highest BCUT2D eigenvalue weighted by atomic mass is 28.4. The van der Waals surface area contributed by atoms with Gasteiger partial charge in [-0.05, 0) is 73.4 Å². The summed E-state index contributed by atoms with van der Waals surface area (Å²) in [5.41, 5.74) is -5.03. The summed E-state index contributed by atoms with van der Waals surface area (Å²) < 4.78 is 40.1.